The van der Waals surface area contributed by atoms with Crippen LogP contribution < -0.4 is 5.32 Å². The second-order valence-corrected chi connectivity index (χ2v) is 6.32. The van der Waals surface area contributed by atoms with Crippen LogP contribution in [0.25, 0.3) is 0 Å². The van der Waals surface area contributed by atoms with Gasteiger partial charge in [0.15, 0.2) is 0 Å². The molecule has 1 atom stereocenters. The lowest BCUT2D eigenvalue weighted by Gasteiger charge is -2.28. The molecule has 0 radical (unpaired) electrons. The molecule has 21 heavy (non-hydrogen) atoms. The van der Waals surface area contributed by atoms with E-state index in [1.807, 2.05) is 42.5 Å². The van der Waals surface area contributed by atoms with Crippen LogP contribution in [-0.4, -0.2) is 16.8 Å². The molecule has 1 heterocycles. The van der Waals surface area contributed by atoms with Gasteiger partial charge in [0.05, 0.1) is 6.07 Å². The zero-order valence-corrected chi connectivity index (χ0v) is 12.5. The lowest BCUT2D eigenvalue weighted by molar-refractivity contribution is 0.470. The predicted octanol–water partition coefficient (Wildman–Crippen LogP) is 3.34. The van der Waals surface area contributed by atoms with Gasteiger partial charge in [0.1, 0.15) is 5.54 Å². The molecule has 0 spiro atoms. The minimum Gasteiger partial charge on any atom is -0.292 e. The SMILES string of the molecule is N#CC(CSc1ccncc1)(NC1CC1)c1ccccc1. The fourth-order valence-corrected chi connectivity index (χ4v) is 3.27. The summed E-state index contributed by atoms with van der Waals surface area (Å²) in [4.78, 5) is 5.17. The van der Waals surface area contributed by atoms with Gasteiger partial charge in [-0.25, -0.2) is 0 Å². The van der Waals surface area contributed by atoms with Crippen molar-refractivity contribution in [1.82, 2.24) is 10.3 Å². The van der Waals surface area contributed by atoms with E-state index in [1.165, 1.54) is 0 Å². The fraction of sp³-hybridized carbons (Fsp3) is 0.294. The molecule has 3 rings (SSSR count). The molecule has 1 unspecified atom stereocenters. The van der Waals surface area contributed by atoms with E-state index in [2.05, 4.69) is 16.4 Å². The van der Waals surface area contributed by atoms with Gasteiger partial charge in [-0.05, 0) is 30.5 Å². The molecule has 1 aliphatic carbocycles. The molecule has 0 saturated heterocycles. The standard InChI is InChI=1S/C17H17N3S/c18-12-17(20-15-6-7-15,14-4-2-1-3-5-14)13-21-16-8-10-19-11-9-16/h1-5,8-11,15,20H,6-7,13H2. The van der Waals surface area contributed by atoms with E-state index in [1.54, 1.807) is 24.2 Å². The Labute approximate surface area is 129 Å². The molecule has 3 nitrogen and oxygen atoms in total. The summed E-state index contributed by atoms with van der Waals surface area (Å²) in [6.07, 6.45) is 5.90. The van der Waals surface area contributed by atoms with Crippen LogP contribution >= 0.6 is 11.8 Å². The Balaban J connectivity index is 1.83. The molecular formula is C17H17N3S. The summed E-state index contributed by atoms with van der Waals surface area (Å²) in [5.74, 6) is 0.689. The predicted molar refractivity (Wildman–Crippen MR) is 84.9 cm³/mol. The van der Waals surface area contributed by atoms with Gasteiger partial charge in [-0.2, -0.15) is 5.26 Å². The van der Waals surface area contributed by atoms with Crippen molar-refractivity contribution in [3.05, 3.63) is 60.4 Å². The lowest BCUT2D eigenvalue weighted by atomic mass is 9.93. The number of benzene rings is 1. The maximum atomic E-state index is 9.85. The lowest BCUT2D eigenvalue weighted by Crippen LogP contribution is -2.44. The third-order valence-corrected chi connectivity index (χ3v) is 4.77. The highest BCUT2D eigenvalue weighted by molar-refractivity contribution is 7.99. The van der Waals surface area contributed by atoms with Gasteiger partial charge < -0.3 is 0 Å². The smallest absolute Gasteiger partial charge is 0.141 e. The first-order chi connectivity index (χ1) is 10.3. The first-order valence-electron chi connectivity index (χ1n) is 7.10. The average molecular weight is 295 g/mol. The summed E-state index contributed by atoms with van der Waals surface area (Å²) in [6, 6.07) is 17.0. The molecule has 0 aliphatic heterocycles. The van der Waals surface area contributed by atoms with Crippen LogP contribution in [0.5, 0.6) is 0 Å². The number of nitrogens with zero attached hydrogens (tertiary/aromatic N) is 2. The van der Waals surface area contributed by atoms with E-state index in [9.17, 15) is 5.26 Å². The van der Waals surface area contributed by atoms with Gasteiger partial charge in [0.25, 0.3) is 0 Å². The topological polar surface area (TPSA) is 48.7 Å². The van der Waals surface area contributed by atoms with Crippen LogP contribution in [0.1, 0.15) is 18.4 Å². The number of hydrogen-bond acceptors (Lipinski definition) is 4. The number of pyridine rings is 1. The number of aromatic nitrogens is 1. The molecule has 1 saturated carbocycles. The van der Waals surface area contributed by atoms with Crippen LogP contribution in [0, 0.1) is 11.3 Å². The molecule has 4 heteroatoms. The highest BCUT2D eigenvalue weighted by Gasteiger charge is 2.38. The van der Waals surface area contributed by atoms with E-state index in [0.717, 1.165) is 23.3 Å². The molecule has 0 amide bonds. The Kier molecular flexibility index (Phi) is 4.23. The molecule has 2 aromatic rings. The van der Waals surface area contributed by atoms with Crippen molar-refractivity contribution in [1.29, 1.82) is 5.26 Å². The third kappa shape index (κ3) is 3.44. The maximum absolute atomic E-state index is 9.85. The monoisotopic (exact) mass is 295 g/mol. The average Bonchev–Trinajstić information content (AvgIpc) is 3.37. The van der Waals surface area contributed by atoms with Crippen molar-refractivity contribution in [3.8, 4) is 6.07 Å². The zero-order chi connectivity index (χ0) is 14.5. The van der Waals surface area contributed by atoms with E-state index in [0.29, 0.717) is 11.8 Å². The number of thioether (sulfide) groups is 1. The normalized spacial score (nSPS) is 16.9. The molecule has 1 fully saturated rings. The van der Waals surface area contributed by atoms with Gasteiger partial charge in [0.2, 0.25) is 0 Å². The van der Waals surface area contributed by atoms with Crippen LogP contribution in [0.15, 0.2) is 59.8 Å². The minimum absolute atomic E-state index is 0.475. The van der Waals surface area contributed by atoms with E-state index in [-0.39, 0.29) is 0 Å². The highest BCUT2D eigenvalue weighted by Crippen LogP contribution is 2.33. The summed E-state index contributed by atoms with van der Waals surface area (Å²) in [6.45, 7) is 0. The second kappa shape index (κ2) is 6.30. The van der Waals surface area contributed by atoms with E-state index in [4.69, 9.17) is 0 Å². The summed E-state index contributed by atoms with van der Waals surface area (Å²) >= 11 is 1.69. The number of rotatable bonds is 6. The zero-order valence-electron chi connectivity index (χ0n) is 11.7. The van der Waals surface area contributed by atoms with Crippen molar-refractivity contribution in [3.63, 3.8) is 0 Å². The first-order valence-corrected chi connectivity index (χ1v) is 8.08. The molecule has 0 bridgehead atoms. The molecular weight excluding hydrogens is 278 g/mol. The van der Waals surface area contributed by atoms with E-state index < -0.39 is 5.54 Å². The van der Waals surface area contributed by atoms with Crippen molar-refractivity contribution < 1.29 is 0 Å². The molecule has 1 aromatic carbocycles. The van der Waals surface area contributed by atoms with Gasteiger partial charge >= 0.3 is 0 Å². The van der Waals surface area contributed by atoms with Gasteiger partial charge in [-0.3, -0.25) is 10.3 Å². The Hall–Kier alpha value is -1.83. The molecule has 1 aliphatic rings. The van der Waals surface area contributed by atoms with Crippen molar-refractivity contribution in [2.75, 3.05) is 5.75 Å². The van der Waals surface area contributed by atoms with Crippen LogP contribution in [0.2, 0.25) is 0 Å². The maximum Gasteiger partial charge on any atom is 0.141 e. The summed E-state index contributed by atoms with van der Waals surface area (Å²) in [7, 11) is 0. The fourth-order valence-electron chi connectivity index (χ4n) is 2.26. The van der Waals surface area contributed by atoms with Gasteiger partial charge in [0, 0.05) is 29.1 Å². The Morgan fingerprint density at radius 1 is 1.19 bits per heavy atom. The second-order valence-electron chi connectivity index (χ2n) is 5.27. The number of nitrogens with one attached hydrogen (secondary N) is 1. The van der Waals surface area contributed by atoms with E-state index >= 15 is 0 Å². The van der Waals surface area contributed by atoms with Crippen molar-refractivity contribution in [2.45, 2.75) is 29.3 Å². The van der Waals surface area contributed by atoms with Crippen molar-refractivity contribution in [2.24, 2.45) is 0 Å². The molecule has 1 aromatic heterocycles. The van der Waals surface area contributed by atoms with Gasteiger partial charge in [-0.15, -0.1) is 11.8 Å². The highest BCUT2D eigenvalue weighted by atomic mass is 32.2. The minimum atomic E-state index is -0.629. The summed E-state index contributed by atoms with van der Waals surface area (Å²) < 4.78 is 0. The largest absolute Gasteiger partial charge is 0.292 e. The number of hydrogen-bond donors (Lipinski definition) is 1. The first kappa shape index (κ1) is 14.1. The number of nitriles is 1. The summed E-state index contributed by atoms with van der Waals surface area (Å²) in [5, 5.41) is 13.4. The molecule has 106 valence electrons. The third-order valence-electron chi connectivity index (χ3n) is 3.59. The van der Waals surface area contributed by atoms with Crippen LogP contribution in [-0.2, 0) is 5.54 Å². The van der Waals surface area contributed by atoms with Crippen molar-refractivity contribution >= 4 is 11.8 Å². The Morgan fingerprint density at radius 3 is 2.52 bits per heavy atom. The van der Waals surface area contributed by atoms with Crippen LogP contribution in [0.4, 0.5) is 0 Å². The Bertz CT molecular complexity index is 619. The van der Waals surface area contributed by atoms with Gasteiger partial charge in [-0.1, -0.05) is 30.3 Å². The summed E-state index contributed by atoms with van der Waals surface area (Å²) in [5.41, 5.74) is 0.414. The molecule has 1 N–H and O–H groups in total. The Morgan fingerprint density at radius 2 is 1.90 bits per heavy atom. The quantitative estimate of drug-likeness (QED) is 0.830. The van der Waals surface area contributed by atoms with Crippen LogP contribution in [0.3, 0.4) is 0 Å².